The van der Waals surface area contributed by atoms with Crippen LogP contribution in [0.1, 0.15) is 22.3 Å². The lowest BCUT2D eigenvalue weighted by Gasteiger charge is -2.38. The van der Waals surface area contributed by atoms with Gasteiger partial charge in [-0.1, -0.05) is 169 Å². The molecule has 0 aliphatic carbocycles. The van der Waals surface area contributed by atoms with Crippen LogP contribution >= 0.6 is 0 Å². The van der Waals surface area contributed by atoms with Crippen molar-refractivity contribution in [3.63, 3.8) is 0 Å². The van der Waals surface area contributed by atoms with Crippen LogP contribution in [0.25, 0.3) is 76.8 Å². The highest BCUT2D eigenvalue weighted by Gasteiger charge is 2.45. The van der Waals surface area contributed by atoms with E-state index in [1.807, 2.05) is 0 Å². The Morgan fingerprint density at radius 2 is 0.593 bits per heavy atom. The lowest BCUT2D eigenvalue weighted by molar-refractivity contribution is 0.487. The van der Waals surface area contributed by atoms with E-state index >= 15 is 0 Å². The quantitative estimate of drug-likeness (QED) is 0.112. The van der Waals surface area contributed by atoms with Gasteiger partial charge in [0, 0.05) is 34.9 Å². The molecule has 0 bridgehead atoms. The second kappa shape index (κ2) is 18.5. The van der Waals surface area contributed by atoms with Crippen molar-refractivity contribution in [2.45, 2.75) is 27.7 Å². The van der Waals surface area contributed by atoms with Crippen LogP contribution in [0, 0.1) is 27.7 Å². The third-order valence-electron chi connectivity index (χ3n) is 19.2. The molecular formula is C80H54B2N2O2. The zero-order valence-electron chi connectivity index (χ0n) is 48.1. The van der Waals surface area contributed by atoms with E-state index in [0.717, 1.165) is 57.1 Å². The van der Waals surface area contributed by atoms with E-state index in [-0.39, 0.29) is 13.4 Å². The van der Waals surface area contributed by atoms with E-state index in [1.54, 1.807) is 0 Å². The summed E-state index contributed by atoms with van der Waals surface area (Å²) in [6.45, 7) is 8.92. The molecule has 14 aromatic carbocycles. The number of rotatable bonds is 8. The van der Waals surface area contributed by atoms with E-state index in [1.165, 1.54) is 132 Å². The maximum atomic E-state index is 7.30. The number of anilines is 6. The van der Waals surface area contributed by atoms with E-state index in [0.29, 0.717) is 0 Å². The summed E-state index contributed by atoms with van der Waals surface area (Å²) >= 11 is 0. The van der Waals surface area contributed by atoms with Crippen molar-refractivity contribution in [2.75, 3.05) is 9.80 Å². The lowest BCUT2D eigenvalue weighted by Crippen LogP contribution is -2.58. The van der Waals surface area contributed by atoms with Gasteiger partial charge in [0.05, 0.1) is 11.4 Å². The summed E-state index contributed by atoms with van der Waals surface area (Å²) in [4.78, 5) is 4.77. The van der Waals surface area contributed by atoms with Crippen molar-refractivity contribution < 1.29 is 9.47 Å². The average molecular weight is 1100 g/mol. The Morgan fingerprint density at radius 3 is 0.953 bits per heavy atom. The fraction of sp³-hybridized carbons (Fsp3) is 0.0500. The second-order valence-corrected chi connectivity index (χ2v) is 24.0. The summed E-state index contributed by atoms with van der Waals surface area (Å²) in [6, 6.07) is 94.2. The summed E-state index contributed by atoms with van der Waals surface area (Å²) < 4.78 is 14.6. The maximum Gasteiger partial charge on any atom is 0.252 e. The van der Waals surface area contributed by atoms with Gasteiger partial charge in [0.15, 0.2) is 0 Å². The Morgan fingerprint density at radius 1 is 0.256 bits per heavy atom. The van der Waals surface area contributed by atoms with Crippen molar-refractivity contribution in [1.82, 2.24) is 0 Å². The first-order valence-corrected chi connectivity index (χ1v) is 30.0. The van der Waals surface area contributed by atoms with Crippen LogP contribution in [0.2, 0.25) is 0 Å². The van der Waals surface area contributed by atoms with Crippen LogP contribution < -0.4 is 52.1 Å². The molecule has 0 saturated carbocycles. The minimum absolute atomic E-state index is 0.126. The molecule has 0 spiro atoms. The first-order valence-electron chi connectivity index (χ1n) is 30.0. The molecular weight excluding hydrogens is 1040 g/mol. The summed E-state index contributed by atoms with van der Waals surface area (Å²) in [6.07, 6.45) is 0. The standard InChI is InChI=1S/C80H54B2N2O2/c1-47-23-21-24-48(2)73(47)57-43-59-63-39-55(83(51-27-9-5-10-28-51)52-29-11-6-12-30-52)41-71-79(63)82(66-36-18-20-38-70(66)85-71)68-46-62-58(74-49(3)25-22-26-50(74)4)44-60-64-40-56(84(53-31-13-7-14-32-53)54-33-15-8-16-34-54)42-72-80(64)81(65-35-17-19-37-69(65)86-72)67-45-61(57)77(75(59)68)78(62)76(60)67/h5-46H,1-4H3. The van der Waals surface area contributed by atoms with Crippen molar-refractivity contribution in [3.05, 3.63) is 277 Å². The van der Waals surface area contributed by atoms with Gasteiger partial charge in [-0.05, 0) is 234 Å². The van der Waals surface area contributed by atoms with E-state index in [2.05, 4.69) is 292 Å². The van der Waals surface area contributed by atoms with E-state index in [9.17, 15) is 0 Å². The van der Waals surface area contributed by atoms with Gasteiger partial charge in [-0.3, -0.25) is 0 Å². The summed E-state index contributed by atoms with van der Waals surface area (Å²) in [7, 11) is 0. The molecule has 0 saturated heterocycles. The van der Waals surface area contributed by atoms with Crippen molar-refractivity contribution in [1.29, 1.82) is 0 Å². The monoisotopic (exact) mass is 1100 g/mol. The molecule has 14 aromatic rings. The first-order chi connectivity index (χ1) is 42.3. The maximum absolute atomic E-state index is 7.30. The Labute approximate surface area is 501 Å². The molecule has 4 aliphatic heterocycles. The third-order valence-corrected chi connectivity index (χ3v) is 19.2. The van der Waals surface area contributed by atoms with Crippen LogP contribution in [0.4, 0.5) is 34.1 Å². The highest BCUT2D eigenvalue weighted by molar-refractivity contribution is 7.01. The van der Waals surface area contributed by atoms with Gasteiger partial charge in [-0.25, -0.2) is 0 Å². The SMILES string of the molecule is Cc1cccc(C)c1-c1cc2c3c(cc4c(-c5c(C)cccc5C)cc5c6c(cc1c3c46)B1c3ccccc3Oc3cc(N(c4ccccc4)c4ccccc4)cc-5c31)B1c3ccccc3Oc3cc(N(c4ccccc4)c4ccccc4)cc-2c31. The van der Waals surface area contributed by atoms with E-state index < -0.39 is 0 Å². The molecule has 4 aliphatic rings. The zero-order valence-corrected chi connectivity index (χ0v) is 48.1. The number of hydrogen-bond donors (Lipinski definition) is 0. The first kappa shape index (κ1) is 48.9. The van der Waals surface area contributed by atoms with Crippen molar-refractivity contribution in [3.8, 4) is 67.5 Å². The van der Waals surface area contributed by atoms with Gasteiger partial charge >= 0.3 is 0 Å². The summed E-state index contributed by atoms with van der Waals surface area (Å²) in [5, 5.41) is 7.74. The molecule has 6 heteroatoms. The van der Waals surface area contributed by atoms with Crippen LogP contribution in [0.3, 0.4) is 0 Å². The van der Waals surface area contributed by atoms with Gasteiger partial charge < -0.3 is 19.3 Å². The fourth-order valence-corrected chi connectivity index (χ4v) is 15.8. The molecule has 0 radical (unpaired) electrons. The Bertz CT molecular complexity index is 4740. The van der Waals surface area contributed by atoms with Gasteiger partial charge in [0.1, 0.15) is 23.0 Å². The highest BCUT2D eigenvalue weighted by Crippen LogP contribution is 2.54. The number of fused-ring (bicyclic) bond motifs is 8. The van der Waals surface area contributed by atoms with Crippen LogP contribution in [0.5, 0.6) is 23.0 Å². The largest absolute Gasteiger partial charge is 0.458 e. The van der Waals surface area contributed by atoms with Crippen molar-refractivity contribution in [2.24, 2.45) is 0 Å². The highest BCUT2D eigenvalue weighted by atomic mass is 16.5. The number of benzene rings is 14. The van der Waals surface area contributed by atoms with Crippen LogP contribution in [-0.4, -0.2) is 13.4 Å². The number of aryl methyl sites for hydroxylation is 4. The Kier molecular flexibility index (Phi) is 10.5. The summed E-state index contributed by atoms with van der Waals surface area (Å²) in [5.41, 5.74) is 28.6. The predicted octanol–water partition coefficient (Wildman–Crippen LogP) is 17.3. The Balaban J connectivity index is 1.04. The third kappa shape index (κ3) is 6.95. The molecule has 4 heterocycles. The second-order valence-electron chi connectivity index (χ2n) is 24.0. The lowest BCUT2D eigenvalue weighted by atomic mass is 9.32. The normalized spacial score (nSPS) is 12.8. The zero-order chi connectivity index (χ0) is 57.1. The van der Waals surface area contributed by atoms with Gasteiger partial charge in [-0.15, -0.1) is 0 Å². The van der Waals surface area contributed by atoms with Gasteiger partial charge in [0.25, 0.3) is 13.4 Å². The molecule has 0 N–H and O–H groups in total. The van der Waals surface area contributed by atoms with Crippen LogP contribution in [0.15, 0.2) is 255 Å². The van der Waals surface area contributed by atoms with Crippen molar-refractivity contribution >= 4 is 113 Å². The fourth-order valence-electron chi connectivity index (χ4n) is 15.8. The average Bonchev–Trinajstić information content (AvgIpc) is 0.673. The molecule has 0 aromatic heterocycles. The topological polar surface area (TPSA) is 24.9 Å². The molecule has 0 fully saturated rings. The molecule has 4 nitrogen and oxygen atoms in total. The minimum atomic E-state index is -0.126. The number of ether oxygens (including phenoxy) is 2. The van der Waals surface area contributed by atoms with Gasteiger partial charge in [-0.2, -0.15) is 0 Å². The summed E-state index contributed by atoms with van der Waals surface area (Å²) in [5.74, 6) is 3.54. The van der Waals surface area contributed by atoms with Gasteiger partial charge in [0.2, 0.25) is 0 Å². The molecule has 86 heavy (non-hydrogen) atoms. The molecule has 18 rings (SSSR count). The van der Waals surface area contributed by atoms with E-state index in [4.69, 9.17) is 9.47 Å². The molecule has 402 valence electrons. The number of para-hydroxylation sites is 6. The number of nitrogens with zero attached hydrogens (tertiary/aromatic N) is 2. The minimum Gasteiger partial charge on any atom is -0.458 e. The molecule has 0 amide bonds. The van der Waals surface area contributed by atoms with Crippen LogP contribution in [-0.2, 0) is 0 Å². The number of hydrogen-bond acceptors (Lipinski definition) is 4. The molecule has 0 atom stereocenters. The molecule has 0 unspecified atom stereocenters. The predicted molar refractivity (Wildman–Crippen MR) is 363 cm³/mol. The smallest absolute Gasteiger partial charge is 0.252 e. The Hall–Kier alpha value is -10.6.